The van der Waals surface area contributed by atoms with Gasteiger partial charge in [0.15, 0.2) is 0 Å². The van der Waals surface area contributed by atoms with Gasteiger partial charge < -0.3 is 0 Å². The molecule has 0 saturated heterocycles. The standard InChI is InChI=1S/C26H39NS/c1-3-5-7-8-9-10-11-12-14-23-15-20-26(27-22-23)24-16-18-25(19-17-24)28-21-13-6-4-2/h15-20,22H,3-14,21H2,1-2H3. The van der Waals surface area contributed by atoms with Crippen molar-refractivity contribution < 1.29 is 0 Å². The summed E-state index contributed by atoms with van der Waals surface area (Å²) in [5, 5.41) is 0. The fraction of sp³-hybridized carbons (Fsp3) is 0.577. The zero-order chi connectivity index (χ0) is 19.9. The fourth-order valence-corrected chi connectivity index (χ4v) is 4.38. The summed E-state index contributed by atoms with van der Waals surface area (Å²) in [6.45, 7) is 4.54. The van der Waals surface area contributed by atoms with E-state index in [1.54, 1.807) is 0 Å². The summed E-state index contributed by atoms with van der Waals surface area (Å²) in [5.41, 5.74) is 3.68. The molecular formula is C26H39NS. The first kappa shape index (κ1) is 23.0. The molecule has 1 nitrogen and oxygen atoms in total. The lowest BCUT2D eigenvalue weighted by Crippen LogP contribution is -1.90. The highest BCUT2D eigenvalue weighted by Gasteiger charge is 2.02. The quantitative estimate of drug-likeness (QED) is 0.220. The van der Waals surface area contributed by atoms with Crippen molar-refractivity contribution in [3.8, 4) is 11.3 Å². The van der Waals surface area contributed by atoms with Crippen LogP contribution in [0.1, 0.15) is 90.0 Å². The minimum atomic E-state index is 1.09. The maximum Gasteiger partial charge on any atom is 0.0702 e. The van der Waals surface area contributed by atoms with Gasteiger partial charge in [0.1, 0.15) is 0 Å². The van der Waals surface area contributed by atoms with Gasteiger partial charge in [-0.05, 0) is 48.8 Å². The third-order valence-corrected chi connectivity index (χ3v) is 6.41. The maximum absolute atomic E-state index is 4.71. The summed E-state index contributed by atoms with van der Waals surface area (Å²) >= 11 is 1.96. The highest BCUT2D eigenvalue weighted by Crippen LogP contribution is 2.24. The smallest absolute Gasteiger partial charge is 0.0702 e. The molecular weight excluding hydrogens is 358 g/mol. The number of rotatable bonds is 15. The lowest BCUT2D eigenvalue weighted by molar-refractivity contribution is 0.575. The lowest BCUT2D eigenvalue weighted by atomic mass is 10.0. The molecule has 0 amide bonds. The molecule has 0 fully saturated rings. The molecule has 2 rings (SSSR count). The Morgan fingerprint density at radius 3 is 1.96 bits per heavy atom. The largest absolute Gasteiger partial charge is 0.256 e. The molecule has 0 aliphatic carbocycles. The zero-order valence-corrected chi connectivity index (χ0v) is 18.9. The molecule has 1 aromatic heterocycles. The van der Waals surface area contributed by atoms with Gasteiger partial charge in [-0.25, -0.2) is 0 Å². The molecule has 0 spiro atoms. The van der Waals surface area contributed by atoms with E-state index in [-0.39, 0.29) is 0 Å². The van der Waals surface area contributed by atoms with Gasteiger partial charge in [-0.1, -0.05) is 89.8 Å². The molecule has 1 heterocycles. The van der Waals surface area contributed by atoms with Crippen molar-refractivity contribution in [1.82, 2.24) is 4.98 Å². The summed E-state index contributed by atoms with van der Waals surface area (Å²) in [6.07, 6.45) is 18.2. The molecule has 1 aromatic carbocycles. The van der Waals surface area contributed by atoms with E-state index >= 15 is 0 Å². The van der Waals surface area contributed by atoms with Crippen LogP contribution >= 0.6 is 11.8 Å². The van der Waals surface area contributed by atoms with Crippen molar-refractivity contribution >= 4 is 11.8 Å². The monoisotopic (exact) mass is 397 g/mol. The molecule has 0 bridgehead atoms. The van der Waals surface area contributed by atoms with Crippen LogP contribution in [0.4, 0.5) is 0 Å². The third-order valence-electron chi connectivity index (χ3n) is 5.31. The van der Waals surface area contributed by atoms with Gasteiger partial charge in [0, 0.05) is 16.7 Å². The first-order valence-corrected chi connectivity index (χ1v) is 12.5. The predicted molar refractivity (Wildman–Crippen MR) is 126 cm³/mol. The third kappa shape index (κ3) is 9.28. The van der Waals surface area contributed by atoms with Crippen molar-refractivity contribution in [2.45, 2.75) is 95.8 Å². The Hall–Kier alpha value is -1.28. The van der Waals surface area contributed by atoms with E-state index in [2.05, 4.69) is 56.4 Å². The average molecular weight is 398 g/mol. The van der Waals surface area contributed by atoms with Gasteiger partial charge in [0.05, 0.1) is 5.69 Å². The number of nitrogens with zero attached hydrogens (tertiary/aromatic N) is 1. The molecule has 2 aromatic rings. The zero-order valence-electron chi connectivity index (χ0n) is 18.1. The van der Waals surface area contributed by atoms with Crippen LogP contribution in [0, 0.1) is 0 Å². The number of unbranched alkanes of at least 4 members (excludes halogenated alkanes) is 9. The predicted octanol–water partition coefficient (Wildman–Crippen LogP) is 8.71. The van der Waals surface area contributed by atoms with Crippen molar-refractivity contribution in [1.29, 1.82) is 0 Å². The molecule has 0 saturated carbocycles. The molecule has 0 aliphatic rings. The first-order valence-electron chi connectivity index (χ1n) is 11.5. The van der Waals surface area contributed by atoms with Crippen molar-refractivity contribution in [3.63, 3.8) is 0 Å². The molecule has 28 heavy (non-hydrogen) atoms. The van der Waals surface area contributed by atoms with Gasteiger partial charge in [0.25, 0.3) is 0 Å². The van der Waals surface area contributed by atoms with Crippen LogP contribution < -0.4 is 0 Å². The topological polar surface area (TPSA) is 12.9 Å². The van der Waals surface area contributed by atoms with Gasteiger partial charge in [-0.2, -0.15) is 0 Å². The second kappa shape index (κ2) is 14.7. The van der Waals surface area contributed by atoms with Gasteiger partial charge in [0.2, 0.25) is 0 Å². The van der Waals surface area contributed by atoms with Crippen LogP contribution in [0.25, 0.3) is 11.3 Å². The Kier molecular flexibility index (Phi) is 12.1. The average Bonchev–Trinajstić information content (AvgIpc) is 2.74. The number of pyridine rings is 1. The summed E-state index contributed by atoms with van der Waals surface area (Å²) in [5.74, 6) is 1.22. The summed E-state index contributed by atoms with van der Waals surface area (Å²) < 4.78 is 0. The van der Waals surface area contributed by atoms with Crippen LogP contribution in [-0.2, 0) is 6.42 Å². The SMILES string of the molecule is CCCCCCCCCCc1ccc(-c2ccc(SCCCCC)cc2)nc1. The summed E-state index contributed by atoms with van der Waals surface area (Å²) in [7, 11) is 0. The Labute approximate surface area is 177 Å². The first-order chi connectivity index (χ1) is 13.8. The normalized spacial score (nSPS) is 11.1. The van der Waals surface area contributed by atoms with Crippen molar-refractivity contribution in [3.05, 3.63) is 48.2 Å². The van der Waals surface area contributed by atoms with Gasteiger partial charge >= 0.3 is 0 Å². The minimum absolute atomic E-state index is 1.09. The summed E-state index contributed by atoms with van der Waals surface area (Å²) in [4.78, 5) is 6.07. The number of aryl methyl sites for hydroxylation is 1. The molecule has 154 valence electrons. The second-order valence-electron chi connectivity index (χ2n) is 7.86. The lowest BCUT2D eigenvalue weighted by Gasteiger charge is -2.06. The van der Waals surface area contributed by atoms with Crippen LogP contribution in [0.3, 0.4) is 0 Å². The summed E-state index contributed by atoms with van der Waals surface area (Å²) in [6, 6.07) is 13.3. The van der Waals surface area contributed by atoms with E-state index in [9.17, 15) is 0 Å². The van der Waals surface area contributed by atoms with Gasteiger partial charge in [-0.3, -0.25) is 4.98 Å². The Morgan fingerprint density at radius 1 is 0.679 bits per heavy atom. The van der Waals surface area contributed by atoms with E-state index in [0.29, 0.717) is 0 Å². The number of aromatic nitrogens is 1. The molecule has 2 heteroatoms. The number of benzene rings is 1. The van der Waals surface area contributed by atoms with E-state index in [1.165, 1.54) is 92.4 Å². The second-order valence-corrected chi connectivity index (χ2v) is 9.02. The van der Waals surface area contributed by atoms with E-state index < -0.39 is 0 Å². The Bertz CT molecular complexity index is 618. The van der Waals surface area contributed by atoms with Crippen LogP contribution in [0.2, 0.25) is 0 Å². The highest BCUT2D eigenvalue weighted by molar-refractivity contribution is 7.99. The van der Waals surface area contributed by atoms with Crippen LogP contribution in [0.5, 0.6) is 0 Å². The Morgan fingerprint density at radius 2 is 1.32 bits per heavy atom. The molecule has 0 aliphatic heterocycles. The number of hydrogen-bond acceptors (Lipinski definition) is 2. The highest BCUT2D eigenvalue weighted by atomic mass is 32.2. The molecule has 0 atom stereocenters. The van der Waals surface area contributed by atoms with Gasteiger partial charge in [-0.15, -0.1) is 11.8 Å². The van der Waals surface area contributed by atoms with E-state index in [1.807, 2.05) is 11.8 Å². The number of thioether (sulfide) groups is 1. The molecule has 0 unspecified atom stereocenters. The molecule has 0 radical (unpaired) electrons. The van der Waals surface area contributed by atoms with Crippen molar-refractivity contribution in [2.75, 3.05) is 5.75 Å². The van der Waals surface area contributed by atoms with E-state index in [4.69, 9.17) is 4.98 Å². The van der Waals surface area contributed by atoms with Crippen LogP contribution in [0.15, 0.2) is 47.5 Å². The van der Waals surface area contributed by atoms with E-state index in [0.717, 1.165) is 12.1 Å². The minimum Gasteiger partial charge on any atom is -0.256 e. The fourth-order valence-electron chi connectivity index (χ4n) is 3.47. The van der Waals surface area contributed by atoms with Crippen molar-refractivity contribution in [2.24, 2.45) is 0 Å². The maximum atomic E-state index is 4.71. The number of hydrogen-bond donors (Lipinski definition) is 0. The van der Waals surface area contributed by atoms with Crippen LogP contribution in [-0.4, -0.2) is 10.7 Å². The Balaban J connectivity index is 1.68. The molecule has 0 N–H and O–H groups in total.